The minimum atomic E-state index is -0.209. The number of thiophene rings is 1. The number of ether oxygens (including phenoxy) is 4. The van der Waals surface area contributed by atoms with E-state index < -0.39 is 0 Å². The van der Waals surface area contributed by atoms with Crippen LogP contribution in [0.3, 0.4) is 0 Å². The fourth-order valence-electron chi connectivity index (χ4n) is 3.50. The van der Waals surface area contributed by atoms with Gasteiger partial charge in [0.15, 0.2) is 11.5 Å². The number of benzene rings is 1. The fraction of sp³-hybridized carbons (Fsp3) is 0.520. The maximum atomic E-state index is 13.4. The summed E-state index contributed by atoms with van der Waals surface area (Å²) < 4.78 is 20.9. The molecule has 0 N–H and O–H groups in total. The first-order chi connectivity index (χ1) is 16.4. The van der Waals surface area contributed by atoms with Crippen LogP contribution in [-0.2, 0) is 32.0 Å². The molecule has 0 radical (unpaired) electrons. The second-order valence-corrected chi connectivity index (χ2v) is 8.88. The van der Waals surface area contributed by atoms with Crippen LogP contribution in [-0.4, -0.2) is 82.9 Å². The van der Waals surface area contributed by atoms with Crippen LogP contribution < -0.4 is 9.47 Å². The first kappa shape index (κ1) is 27.6. The van der Waals surface area contributed by atoms with Crippen LogP contribution >= 0.6 is 11.3 Å². The summed E-state index contributed by atoms with van der Waals surface area (Å²) >= 11 is 1.63. The number of hydrogen-bond donors (Lipinski definition) is 0. The van der Waals surface area contributed by atoms with Crippen molar-refractivity contribution >= 4 is 23.2 Å². The number of nitrogens with zero attached hydrogens (tertiary/aromatic N) is 2. The molecule has 2 rings (SSSR count). The molecule has 34 heavy (non-hydrogen) atoms. The third-order valence-corrected chi connectivity index (χ3v) is 6.50. The van der Waals surface area contributed by atoms with Gasteiger partial charge in [-0.05, 0) is 54.5 Å². The molecule has 0 atom stereocenters. The van der Waals surface area contributed by atoms with Gasteiger partial charge in [0.25, 0.3) is 0 Å². The molecule has 0 spiro atoms. The highest BCUT2D eigenvalue weighted by Crippen LogP contribution is 2.28. The molecule has 8 nitrogen and oxygen atoms in total. The van der Waals surface area contributed by atoms with E-state index in [2.05, 4.69) is 6.07 Å². The summed E-state index contributed by atoms with van der Waals surface area (Å²) in [6.45, 7) is 3.95. The summed E-state index contributed by atoms with van der Waals surface area (Å²) in [5.41, 5.74) is 2.19. The van der Waals surface area contributed by atoms with E-state index in [4.69, 9.17) is 18.9 Å². The molecule has 0 fully saturated rings. The normalized spacial score (nSPS) is 10.7. The Morgan fingerprint density at radius 2 is 1.68 bits per heavy atom. The smallest absolute Gasteiger partial charge is 0.249 e. The Balaban J connectivity index is 2.17. The molecule has 188 valence electrons. The highest BCUT2D eigenvalue weighted by Gasteiger charge is 2.22. The molecule has 0 unspecified atom stereocenters. The van der Waals surface area contributed by atoms with Gasteiger partial charge in [-0.3, -0.25) is 9.59 Å². The molecule has 0 saturated carbocycles. The van der Waals surface area contributed by atoms with Crippen molar-refractivity contribution in [3.05, 3.63) is 45.6 Å². The molecule has 1 heterocycles. The standard InChI is InChI=1S/C25H36N2O6S/c1-19-10-14-34-23(19)16-27(12-9-20-7-8-21(32-4)22(15-20)33-5)24(28)17-26(11-6-13-30-2)25(29)18-31-3/h7-8,10,14-15H,6,9,11-13,16-18H2,1-5H3. The van der Waals surface area contributed by atoms with Gasteiger partial charge >= 0.3 is 0 Å². The van der Waals surface area contributed by atoms with Crippen molar-refractivity contribution in [2.24, 2.45) is 0 Å². The summed E-state index contributed by atoms with van der Waals surface area (Å²) in [4.78, 5) is 30.4. The SMILES string of the molecule is COCCCN(CC(=O)N(CCc1ccc(OC)c(OC)c1)Cc1sccc1C)C(=O)COC. The van der Waals surface area contributed by atoms with E-state index in [9.17, 15) is 9.59 Å². The zero-order chi connectivity index (χ0) is 24.9. The molecule has 0 bridgehead atoms. The Hall–Kier alpha value is -2.62. The van der Waals surface area contributed by atoms with E-state index in [-0.39, 0.29) is 25.0 Å². The Bertz CT molecular complexity index is 917. The molecule has 0 aliphatic carbocycles. The lowest BCUT2D eigenvalue weighted by Crippen LogP contribution is -2.45. The average molecular weight is 493 g/mol. The zero-order valence-electron chi connectivity index (χ0n) is 20.8. The van der Waals surface area contributed by atoms with E-state index in [1.165, 1.54) is 7.11 Å². The number of aryl methyl sites for hydroxylation is 1. The Morgan fingerprint density at radius 3 is 2.29 bits per heavy atom. The zero-order valence-corrected chi connectivity index (χ0v) is 21.6. The minimum Gasteiger partial charge on any atom is -0.493 e. The lowest BCUT2D eigenvalue weighted by Gasteiger charge is -2.28. The van der Waals surface area contributed by atoms with Gasteiger partial charge in [0.2, 0.25) is 11.8 Å². The van der Waals surface area contributed by atoms with Crippen LogP contribution in [0.25, 0.3) is 0 Å². The monoisotopic (exact) mass is 492 g/mol. The van der Waals surface area contributed by atoms with Crippen molar-refractivity contribution in [2.75, 3.05) is 61.3 Å². The summed E-state index contributed by atoms with van der Waals surface area (Å²) in [7, 11) is 6.30. The second-order valence-electron chi connectivity index (χ2n) is 7.88. The van der Waals surface area contributed by atoms with Crippen molar-refractivity contribution in [1.82, 2.24) is 9.80 Å². The highest BCUT2D eigenvalue weighted by atomic mass is 32.1. The van der Waals surface area contributed by atoms with Gasteiger partial charge in [-0.15, -0.1) is 11.3 Å². The number of amides is 2. The van der Waals surface area contributed by atoms with Crippen LogP contribution in [0.15, 0.2) is 29.6 Å². The Kier molecular flexibility index (Phi) is 11.9. The van der Waals surface area contributed by atoms with Crippen molar-refractivity contribution < 1.29 is 28.5 Å². The van der Waals surface area contributed by atoms with Crippen molar-refractivity contribution in [3.63, 3.8) is 0 Å². The van der Waals surface area contributed by atoms with Crippen LogP contribution in [0, 0.1) is 6.92 Å². The lowest BCUT2D eigenvalue weighted by molar-refractivity contribution is -0.143. The predicted octanol–water partition coefficient (Wildman–Crippen LogP) is 3.16. The van der Waals surface area contributed by atoms with Crippen molar-refractivity contribution in [2.45, 2.75) is 26.3 Å². The van der Waals surface area contributed by atoms with Gasteiger partial charge in [-0.2, -0.15) is 0 Å². The molecule has 9 heteroatoms. The van der Waals surface area contributed by atoms with E-state index >= 15 is 0 Å². The van der Waals surface area contributed by atoms with Crippen molar-refractivity contribution in [1.29, 1.82) is 0 Å². The predicted molar refractivity (Wildman–Crippen MR) is 133 cm³/mol. The second kappa shape index (κ2) is 14.6. The molecule has 0 aliphatic heterocycles. The molecule has 2 amide bonds. The van der Waals surface area contributed by atoms with E-state index in [0.717, 1.165) is 16.0 Å². The molecular formula is C25H36N2O6S. The molecule has 2 aromatic rings. The fourth-order valence-corrected chi connectivity index (χ4v) is 4.42. The van der Waals surface area contributed by atoms with Gasteiger partial charge in [0, 0.05) is 38.8 Å². The highest BCUT2D eigenvalue weighted by molar-refractivity contribution is 7.10. The number of hydrogen-bond acceptors (Lipinski definition) is 7. The largest absolute Gasteiger partial charge is 0.493 e. The van der Waals surface area contributed by atoms with Gasteiger partial charge in [0.1, 0.15) is 6.61 Å². The number of carbonyl (C=O) groups excluding carboxylic acids is 2. The van der Waals surface area contributed by atoms with Crippen LogP contribution in [0.4, 0.5) is 0 Å². The summed E-state index contributed by atoms with van der Waals surface area (Å²) in [6, 6.07) is 7.82. The van der Waals surface area contributed by atoms with Gasteiger partial charge in [-0.25, -0.2) is 0 Å². The van der Waals surface area contributed by atoms with E-state index in [1.54, 1.807) is 37.6 Å². The molecule has 1 aromatic carbocycles. The van der Waals surface area contributed by atoms with Gasteiger partial charge < -0.3 is 28.7 Å². The maximum Gasteiger partial charge on any atom is 0.249 e. The Labute approximate surface area is 206 Å². The van der Waals surface area contributed by atoms with Crippen LogP contribution in [0.2, 0.25) is 0 Å². The lowest BCUT2D eigenvalue weighted by atomic mass is 10.1. The molecular weight excluding hydrogens is 456 g/mol. The van der Waals surface area contributed by atoms with Crippen molar-refractivity contribution in [3.8, 4) is 11.5 Å². The van der Waals surface area contributed by atoms with Crippen LogP contribution in [0.5, 0.6) is 11.5 Å². The summed E-state index contributed by atoms with van der Waals surface area (Å²) in [6.07, 6.45) is 1.29. The van der Waals surface area contributed by atoms with E-state index in [0.29, 0.717) is 50.6 Å². The Morgan fingerprint density at radius 1 is 0.912 bits per heavy atom. The van der Waals surface area contributed by atoms with Crippen LogP contribution in [0.1, 0.15) is 22.4 Å². The minimum absolute atomic E-state index is 0.00225. The molecule has 0 saturated heterocycles. The molecule has 1 aromatic heterocycles. The number of rotatable bonds is 15. The quantitative estimate of drug-likeness (QED) is 0.356. The number of carbonyl (C=O) groups is 2. The topological polar surface area (TPSA) is 77.5 Å². The number of methoxy groups -OCH3 is 4. The van der Waals surface area contributed by atoms with Gasteiger partial charge in [0.05, 0.1) is 27.3 Å². The van der Waals surface area contributed by atoms with Gasteiger partial charge in [-0.1, -0.05) is 6.07 Å². The maximum absolute atomic E-state index is 13.4. The van der Waals surface area contributed by atoms with E-state index in [1.807, 2.05) is 35.4 Å². The third kappa shape index (κ3) is 8.30. The average Bonchev–Trinajstić information content (AvgIpc) is 3.25. The first-order valence-corrected chi connectivity index (χ1v) is 12.1. The third-order valence-electron chi connectivity index (χ3n) is 5.50. The summed E-state index contributed by atoms with van der Waals surface area (Å²) in [5, 5.41) is 2.03. The molecule has 0 aliphatic rings. The first-order valence-electron chi connectivity index (χ1n) is 11.2. The summed E-state index contributed by atoms with van der Waals surface area (Å²) in [5.74, 6) is 1.01.